The summed E-state index contributed by atoms with van der Waals surface area (Å²) < 4.78 is 26.3. The molecular weight excluding hydrogens is 420 g/mol. The Bertz CT molecular complexity index is 1170. The molecule has 3 rings (SSSR count). The van der Waals surface area contributed by atoms with Gasteiger partial charge in [-0.25, -0.2) is 8.42 Å². The molecule has 1 unspecified atom stereocenters. The fraction of sp³-hybridized carbons (Fsp3) is 0.269. The van der Waals surface area contributed by atoms with Crippen molar-refractivity contribution < 1.29 is 13.2 Å². The van der Waals surface area contributed by atoms with Crippen molar-refractivity contribution in [3.8, 4) is 0 Å². The fourth-order valence-electron chi connectivity index (χ4n) is 3.53. The highest BCUT2D eigenvalue weighted by Crippen LogP contribution is 2.23. The first-order valence-corrected chi connectivity index (χ1v) is 12.6. The molecule has 0 aliphatic heterocycles. The van der Waals surface area contributed by atoms with Gasteiger partial charge in [0.05, 0.1) is 24.5 Å². The smallest absolute Gasteiger partial charge is 0.251 e. The molecule has 0 fully saturated rings. The summed E-state index contributed by atoms with van der Waals surface area (Å²) in [6, 6.07) is 22.4. The van der Waals surface area contributed by atoms with Gasteiger partial charge >= 0.3 is 0 Å². The largest absolute Gasteiger partial charge is 0.346 e. The Balaban J connectivity index is 1.75. The number of sulfonamides is 1. The van der Waals surface area contributed by atoms with Crippen molar-refractivity contribution in [2.45, 2.75) is 39.8 Å². The highest BCUT2D eigenvalue weighted by molar-refractivity contribution is 7.92. The van der Waals surface area contributed by atoms with Crippen LogP contribution in [-0.4, -0.2) is 20.6 Å². The van der Waals surface area contributed by atoms with E-state index in [1.807, 2.05) is 50.2 Å². The number of amides is 1. The van der Waals surface area contributed by atoms with E-state index in [1.165, 1.54) is 16.1 Å². The minimum atomic E-state index is -3.49. The molecule has 0 spiro atoms. The molecule has 0 saturated carbocycles. The molecule has 168 valence electrons. The minimum Gasteiger partial charge on any atom is -0.346 e. The van der Waals surface area contributed by atoms with Crippen LogP contribution in [0.5, 0.6) is 0 Å². The average molecular weight is 451 g/mol. The van der Waals surface area contributed by atoms with Crippen LogP contribution in [0, 0.1) is 6.92 Å². The summed E-state index contributed by atoms with van der Waals surface area (Å²) in [6.45, 7) is 6.25. The lowest BCUT2D eigenvalue weighted by atomic mass is 10.0. The number of nitrogens with one attached hydrogen (secondary N) is 1. The molecule has 3 aromatic carbocycles. The van der Waals surface area contributed by atoms with Gasteiger partial charge in [-0.05, 0) is 66.8 Å². The number of hydrogen-bond acceptors (Lipinski definition) is 3. The summed E-state index contributed by atoms with van der Waals surface area (Å²) in [4.78, 5) is 12.7. The van der Waals surface area contributed by atoms with E-state index in [-0.39, 0.29) is 18.5 Å². The van der Waals surface area contributed by atoms with E-state index in [9.17, 15) is 13.2 Å². The van der Waals surface area contributed by atoms with Gasteiger partial charge in [-0.3, -0.25) is 9.10 Å². The van der Waals surface area contributed by atoms with Crippen molar-refractivity contribution in [1.82, 2.24) is 5.32 Å². The minimum absolute atomic E-state index is 0.137. The van der Waals surface area contributed by atoms with Crippen molar-refractivity contribution in [2.24, 2.45) is 0 Å². The lowest BCUT2D eigenvalue weighted by molar-refractivity contribution is 0.0940. The number of nitrogens with zero attached hydrogens (tertiary/aromatic N) is 1. The highest BCUT2D eigenvalue weighted by Gasteiger charge is 2.19. The molecule has 32 heavy (non-hydrogen) atoms. The molecule has 1 atom stereocenters. The van der Waals surface area contributed by atoms with E-state index in [2.05, 4.69) is 24.4 Å². The Kier molecular flexibility index (Phi) is 7.36. The van der Waals surface area contributed by atoms with E-state index >= 15 is 0 Å². The second kappa shape index (κ2) is 10.0. The van der Waals surface area contributed by atoms with Gasteiger partial charge in [-0.15, -0.1) is 0 Å². The van der Waals surface area contributed by atoms with Gasteiger partial charge in [0.1, 0.15) is 0 Å². The van der Waals surface area contributed by atoms with Gasteiger partial charge in [0, 0.05) is 5.56 Å². The molecule has 5 nitrogen and oxygen atoms in total. The summed E-state index contributed by atoms with van der Waals surface area (Å²) in [5.41, 5.74) is 5.25. The summed E-state index contributed by atoms with van der Waals surface area (Å²) >= 11 is 0. The van der Waals surface area contributed by atoms with Crippen LogP contribution >= 0.6 is 0 Å². The molecule has 0 heterocycles. The van der Waals surface area contributed by atoms with Gasteiger partial charge < -0.3 is 5.32 Å². The van der Waals surface area contributed by atoms with Crippen molar-refractivity contribution in [3.63, 3.8) is 0 Å². The van der Waals surface area contributed by atoms with Gasteiger partial charge in [0.2, 0.25) is 10.0 Å². The third-order valence-corrected chi connectivity index (χ3v) is 6.77. The van der Waals surface area contributed by atoms with Gasteiger partial charge in [-0.1, -0.05) is 55.5 Å². The number of anilines is 1. The molecule has 3 aromatic rings. The molecule has 0 aromatic heterocycles. The van der Waals surface area contributed by atoms with E-state index < -0.39 is 10.0 Å². The molecule has 0 bridgehead atoms. The second-order valence-electron chi connectivity index (χ2n) is 8.03. The van der Waals surface area contributed by atoms with Crippen LogP contribution in [0.3, 0.4) is 0 Å². The van der Waals surface area contributed by atoms with Gasteiger partial charge in [0.25, 0.3) is 5.91 Å². The molecular formula is C26H30N2O3S. The van der Waals surface area contributed by atoms with Crippen molar-refractivity contribution in [3.05, 3.63) is 101 Å². The first-order valence-electron chi connectivity index (χ1n) is 10.7. The second-order valence-corrected chi connectivity index (χ2v) is 9.94. The lowest BCUT2D eigenvalue weighted by Crippen LogP contribution is -2.30. The maximum atomic E-state index is 12.7. The third-order valence-electron chi connectivity index (χ3n) is 5.63. The summed E-state index contributed by atoms with van der Waals surface area (Å²) in [6.07, 6.45) is 2.17. The predicted molar refractivity (Wildman–Crippen MR) is 130 cm³/mol. The first-order chi connectivity index (χ1) is 15.2. The number of rotatable bonds is 8. The Morgan fingerprint density at radius 3 is 2.16 bits per heavy atom. The summed E-state index contributed by atoms with van der Waals surface area (Å²) in [7, 11) is -3.49. The van der Waals surface area contributed by atoms with Crippen LogP contribution in [0.1, 0.15) is 52.5 Å². The number of carbonyl (C=O) groups excluding carboxylic acids is 1. The average Bonchev–Trinajstić information content (AvgIpc) is 2.78. The SMILES string of the molecule is CCc1ccc(C(C)NC(=O)c2ccc(N(Cc3ccccc3C)S(C)(=O)=O)cc2)cc1. The quantitative estimate of drug-likeness (QED) is 0.524. The normalized spacial score (nSPS) is 12.2. The monoisotopic (exact) mass is 450 g/mol. The Morgan fingerprint density at radius 1 is 0.969 bits per heavy atom. The number of benzene rings is 3. The Morgan fingerprint density at radius 2 is 1.59 bits per heavy atom. The molecule has 1 amide bonds. The highest BCUT2D eigenvalue weighted by atomic mass is 32.2. The Labute approximate surface area is 191 Å². The van der Waals surface area contributed by atoms with Crippen LogP contribution in [0.15, 0.2) is 72.8 Å². The molecule has 6 heteroatoms. The van der Waals surface area contributed by atoms with Gasteiger partial charge in [0.15, 0.2) is 0 Å². The summed E-state index contributed by atoms with van der Waals surface area (Å²) in [5, 5.41) is 3.01. The zero-order valence-corrected chi connectivity index (χ0v) is 19.8. The topological polar surface area (TPSA) is 66.5 Å². The van der Waals surface area contributed by atoms with Crippen LogP contribution in [-0.2, 0) is 23.0 Å². The van der Waals surface area contributed by atoms with Crippen LogP contribution in [0.25, 0.3) is 0 Å². The molecule has 0 saturated heterocycles. The van der Waals surface area contributed by atoms with Gasteiger partial charge in [-0.2, -0.15) is 0 Å². The van der Waals surface area contributed by atoms with Crippen LogP contribution in [0.2, 0.25) is 0 Å². The van der Waals surface area contributed by atoms with Crippen molar-refractivity contribution in [1.29, 1.82) is 0 Å². The van der Waals surface area contributed by atoms with E-state index in [4.69, 9.17) is 0 Å². The molecule has 1 N–H and O–H groups in total. The van der Waals surface area contributed by atoms with Crippen LogP contribution in [0.4, 0.5) is 5.69 Å². The first kappa shape index (κ1) is 23.5. The molecule has 0 aliphatic rings. The van der Waals surface area contributed by atoms with Crippen molar-refractivity contribution in [2.75, 3.05) is 10.6 Å². The van der Waals surface area contributed by atoms with E-state index in [0.717, 1.165) is 23.1 Å². The Hall–Kier alpha value is -3.12. The number of hydrogen-bond donors (Lipinski definition) is 1. The maximum absolute atomic E-state index is 12.7. The zero-order chi connectivity index (χ0) is 23.3. The van der Waals surface area contributed by atoms with Crippen LogP contribution < -0.4 is 9.62 Å². The molecule has 0 aliphatic carbocycles. The lowest BCUT2D eigenvalue weighted by Gasteiger charge is -2.23. The van der Waals surface area contributed by atoms with Crippen molar-refractivity contribution >= 4 is 21.6 Å². The van der Waals surface area contributed by atoms with E-state index in [1.54, 1.807) is 24.3 Å². The summed E-state index contributed by atoms with van der Waals surface area (Å²) in [5.74, 6) is -0.201. The number of carbonyl (C=O) groups is 1. The van der Waals surface area contributed by atoms with E-state index in [0.29, 0.717) is 11.3 Å². The standard InChI is InChI=1S/C26H30N2O3S/c1-5-21-10-12-22(13-11-21)20(3)27-26(29)23-14-16-25(17-15-23)28(32(4,30)31)18-24-9-7-6-8-19(24)2/h6-17,20H,5,18H2,1-4H3,(H,27,29). The predicted octanol–water partition coefficient (Wildman–Crippen LogP) is 5.01. The maximum Gasteiger partial charge on any atom is 0.251 e. The number of aryl methyl sites for hydroxylation is 2. The zero-order valence-electron chi connectivity index (χ0n) is 19.0. The third kappa shape index (κ3) is 5.77. The fourth-order valence-corrected chi connectivity index (χ4v) is 4.40. The molecule has 0 radical (unpaired) electrons.